The van der Waals surface area contributed by atoms with Crippen LogP contribution in [0.4, 0.5) is 15.9 Å². The Morgan fingerprint density at radius 3 is 2.28 bits per heavy atom. The third-order valence-corrected chi connectivity index (χ3v) is 7.71. The Kier molecular flexibility index (Phi) is 13.4. The van der Waals surface area contributed by atoms with Crippen LogP contribution in [-0.2, 0) is 32.1 Å². The first-order chi connectivity index (χ1) is 22.8. The summed E-state index contributed by atoms with van der Waals surface area (Å²) in [4.78, 5) is 34.9. The number of rotatable bonds is 20. The molecule has 0 fully saturated rings. The second-order valence-electron chi connectivity index (χ2n) is 11.3. The maximum Gasteiger partial charge on any atom is 0.220 e. The first-order valence-electron chi connectivity index (χ1n) is 16.0. The number of hydrogen-bond acceptors (Lipinski definition) is 8. The number of benzene rings is 2. The number of unbranched alkanes of at least 4 members (excludes halogenated alkanes) is 1. The molecule has 1 aliphatic rings. The standard InChI is InChI=1S/C34H45FN6O6/c1-23(42)36-13-5-4-11-31(43)37-14-8-15-38-32(44)12-7-17-47-18-16-41-33-27-22-30(46-3)29(45-2)20-24(27)19-28(33)34(40-41)39-26-10-6-9-25(35)21-26/h6,9-10,20-22H,4-5,7-8,11-19H2,1-3H3,(H,36,42)(H,37,43)(H,38,44)(H,39,40). The molecule has 3 amide bonds. The third-order valence-electron chi connectivity index (χ3n) is 7.71. The number of fused-ring (bicyclic) bond motifs is 3. The van der Waals surface area contributed by atoms with Crippen molar-refractivity contribution >= 4 is 29.2 Å². The number of aromatic nitrogens is 2. The number of anilines is 2. The van der Waals surface area contributed by atoms with Gasteiger partial charge in [-0.1, -0.05) is 6.07 Å². The van der Waals surface area contributed by atoms with Crippen LogP contribution < -0.4 is 30.7 Å². The van der Waals surface area contributed by atoms with Crippen molar-refractivity contribution < 1.29 is 33.0 Å². The molecular weight excluding hydrogens is 607 g/mol. The second kappa shape index (κ2) is 17.9. The van der Waals surface area contributed by atoms with Gasteiger partial charge in [0, 0.05) is 69.2 Å². The SMILES string of the molecule is COc1cc2c(cc1OC)-c1c(c(Nc3cccc(F)c3)nn1CCOCCCC(=O)NCCCNC(=O)CCCCNC(C)=O)C2. The Labute approximate surface area is 274 Å². The molecule has 1 aromatic heterocycles. The largest absolute Gasteiger partial charge is 0.493 e. The zero-order valence-corrected chi connectivity index (χ0v) is 27.4. The van der Waals surface area contributed by atoms with Crippen molar-refractivity contribution in [3.63, 3.8) is 0 Å². The molecule has 4 rings (SSSR count). The molecule has 0 spiro atoms. The molecule has 1 aliphatic carbocycles. The summed E-state index contributed by atoms with van der Waals surface area (Å²) in [5, 5.41) is 16.5. The average molecular weight is 653 g/mol. The molecule has 0 unspecified atom stereocenters. The molecule has 0 aliphatic heterocycles. The van der Waals surface area contributed by atoms with E-state index in [-0.39, 0.29) is 23.5 Å². The van der Waals surface area contributed by atoms with Crippen molar-refractivity contribution in [1.82, 2.24) is 25.7 Å². The number of methoxy groups -OCH3 is 2. The third kappa shape index (κ3) is 10.4. The molecule has 0 saturated carbocycles. The van der Waals surface area contributed by atoms with E-state index in [1.807, 2.05) is 16.8 Å². The summed E-state index contributed by atoms with van der Waals surface area (Å²) in [5.41, 5.74) is 4.62. The molecule has 12 nitrogen and oxygen atoms in total. The fraction of sp³-hybridized carbons (Fsp3) is 0.471. The van der Waals surface area contributed by atoms with Gasteiger partial charge >= 0.3 is 0 Å². The van der Waals surface area contributed by atoms with E-state index < -0.39 is 0 Å². The van der Waals surface area contributed by atoms with Crippen molar-refractivity contribution in [3.05, 3.63) is 53.3 Å². The highest BCUT2D eigenvalue weighted by Crippen LogP contribution is 2.45. The molecule has 2 aromatic carbocycles. The van der Waals surface area contributed by atoms with Crippen LogP contribution in [0.5, 0.6) is 11.5 Å². The average Bonchev–Trinajstić information content (AvgIpc) is 3.58. The topological polar surface area (TPSA) is 145 Å². The van der Waals surface area contributed by atoms with Crippen molar-refractivity contribution in [2.75, 3.05) is 52.4 Å². The quantitative estimate of drug-likeness (QED) is 0.105. The molecule has 4 N–H and O–H groups in total. The molecule has 1 heterocycles. The second-order valence-corrected chi connectivity index (χ2v) is 11.3. The van der Waals surface area contributed by atoms with Crippen LogP contribution in [0.15, 0.2) is 36.4 Å². The van der Waals surface area contributed by atoms with E-state index in [0.29, 0.717) is 101 Å². The zero-order valence-electron chi connectivity index (χ0n) is 27.4. The highest BCUT2D eigenvalue weighted by molar-refractivity contribution is 5.82. The van der Waals surface area contributed by atoms with E-state index in [2.05, 4.69) is 21.3 Å². The van der Waals surface area contributed by atoms with Gasteiger partial charge in [0.1, 0.15) is 5.82 Å². The summed E-state index contributed by atoms with van der Waals surface area (Å²) in [7, 11) is 3.21. The lowest BCUT2D eigenvalue weighted by molar-refractivity contribution is -0.121. The van der Waals surface area contributed by atoms with Gasteiger partial charge in [-0.3, -0.25) is 19.1 Å². The zero-order chi connectivity index (χ0) is 33.6. The normalized spacial score (nSPS) is 11.4. The van der Waals surface area contributed by atoms with E-state index in [1.165, 1.54) is 19.1 Å². The monoisotopic (exact) mass is 652 g/mol. The number of halogens is 1. The Morgan fingerprint density at radius 2 is 1.57 bits per heavy atom. The molecular formula is C34H45FN6O6. The summed E-state index contributed by atoms with van der Waals surface area (Å²) in [5.74, 6) is 1.43. The number of nitrogens with zero attached hydrogens (tertiary/aromatic N) is 2. The summed E-state index contributed by atoms with van der Waals surface area (Å²) in [6.45, 7) is 4.32. The lowest BCUT2D eigenvalue weighted by atomic mass is 10.1. The lowest BCUT2D eigenvalue weighted by Crippen LogP contribution is -2.30. The fourth-order valence-corrected chi connectivity index (χ4v) is 5.40. The number of carbonyl (C=O) groups is 3. The van der Waals surface area contributed by atoms with Gasteiger partial charge in [0.15, 0.2) is 17.3 Å². The predicted octanol–water partition coefficient (Wildman–Crippen LogP) is 4.08. The smallest absolute Gasteiger partial charge is 0.220 e. The minimum atomic E-state index is -0.335. The number of carbonyl (C=O) groups excluding carboxylic acids is 3. The highest BCUT2D eigenvalue weighted by Gasteiger charge is 2.29. The van der Waals surface area contributed by atoms with Crippen molar-refractivity contribution in [2.24, 2.45) is 0 Å². The van der Waals surface area contributed by atoms with Crippen molar-refractivity contribution in [3.8, 4) is 22.8 Å². The van der Waals surface area contributed by atoms with Gasteiger partial charge in [-0.2, -0.15) is 5.10 Å². The molecule has 0 bridgehead atoms. The molecule has 47 heavy (non-hydrogen) atoms. The minimum Gasteiger partial charge on any atom is -0.493 e. The van der Waals surface area contributed by atoms with Gasteiger partial charge in [-0.15, -0.1) is 0 Å². The van der Waals surface area contributed by atoms with Crippen molar-refractivity contribution in [1.29, 1.82) is 0 Å². The van der Waals surface area contributed by atoms with Crippen LogP contribution in [0.3, 0.4) is 0 Å². The van der Waals surface area contributed by atoms with Gasteiger partial charge in [0.2, 0.25) is 17.7 Å². The molecule has 0 radical (unpaired) electrons. The summed E-state index contributed by atoms with van der Waals surface area (Å²) >= 11 is 0. The Morgan fingerprint density at radius 1 is 0.872 bits per heavy atom. The van der Waals surface area contributed by atoms with Gasteiger partial charge < -0.3 is 35.5 Å². The van der Waals surface area contributed by atoms with Gasteiger partial charge in [-0.25, -0.2) is 4.39 Å². The minimum absolute atomic E-state index is 0.0281. The maximum absolute atomic E-state index is 13.9. The Bertz CT molecular complexity index is 1530. The molecule has 13 heteroatoms. The number of amides is 3. The lowest BCUT2D eigenvalue weighted by Gasteiger charge is -2.12. The molecule has 0 saturated heterocycles. The predicted molar refractivity (Wildman–Crippen MR) is 176 cm³/mol. The summed E-state index contributed by atoms with van der Waals surface area (Å²) in [6, 6.07) is 10.2. The molecule has 0 atom stereocenters. The van der Waals surface area contributed by atoms with E-state index >= 15 is 0 Å². The first-order valence-corrected chi connectivity index (χ1v) is 16.0. The van der Waals surface area contributed by atoms with Gasteiger partial charge in [0.25, 0.3) is 0 Å². The summed E-state index contributed by atoms with van der Waals surface area (Å²) < 4.78 is 32.7. The summed E-state index contributed by atoms with van der Waals surface area (Å²) in [6.07, 6.45) is 4.08. The van der Waals surface area contributed by atoms with E-state index in [1.54, 1.807) is 26.4 Å². The highest BCUT2D eigenvalue weighted by atomic mass is 19.1. The maximum atomic E-state index is 13.9. The van der Waals surface area contributed by atoms with E-state index in [4.69, 9.17) is 19.3 Å². The number of nitrogens with one attached hydrogen (secondary N) is 4. The Balaban J connectivity index is 1.19. The van der Waals surface area contributed by atoms with E-state index in [9.17, 15) is 18.8 Å². The number of hydrogen-bond donors (Lipinski definition) is 4. The van der Waals surface area contributed by atoms with Gasteiger partial charge in [-0.05, 0) is 61.6 Å². The van der Waals surface area contributed by atoms with Crippen LogP contribution in [0, 0.1) is 5.82 Å². The van der Waals surface area contributed by atoms with Crippen LogP contribution in [0.25, 0.3) is 11.3 Å². The van der Waals surface area contributed by atoms with E-state index in [0.717, 1.165) is 28.8 Å². The number of ether oxygens (including phenoxy) is 3. The Hall–Kier alpha value is -4.65. The van der Waals surface area contributed by atoms with Crippen LogP contribution in [0.2, 0.25) is 0 Å². The van der Waals surface area contributed by atoms with Crippen LogP contribution in [0.1, 0.15) is 56.6 Å². The van der Waals surface area contributed by atoms with Crippen molar-refractivity contribution in [2.45, 2.75) is 58.4 Å². The molecule has 3 aromatic rings. The van der Waals surface area contributed by atoms with Crippen LogP contribution in [-0.4, -0.2) is 74.6 Å². The molecule has 254 valence electrons. The van der Waals surface area contributed by atoms with Gasteiger partial charge in [0.05, 0.1) is 33.1 Å². The first kappa shape index (κ1) is 35.2. The van der Waals surface area contributed by atoms with Crippen LogP contribution >= 0.6 is 0 Å². The fourth-order valence-electron chi connectivity index (χ4n) is 5.40.